The van der Waals surface area contributed by atoms with Gasteiger partial charge in [-0.1, -0.05) is 22.0 Å². The summed E-state index contributed by atoms with van der Waals surface area (Å²) < 4.78 is 6.38. The first-order valence-corrected chi connectivity index (χ1v) is 7.60. The summed E-state index contributed by atoms with van der Waals surface area (Å²) in [4.78, 5) is 13.4. The summed E-state index contributed by atoms with van der Waals surface area (Å²) in [5, 5.41) is 9.19. The zero-order valence-corrected chi connectivity index (χ0v) is 13.4. The Bertz CT molecular complexity index is 492. The van der Waals surface area contributed by atoms with Crippen LogP contribution >= 0.6 is 15.9 Å². The number of aliphatic carboxylic acids is 1. The third-order valence-electron chi connectivity index (χ3n) is 3.98. The molecule has 1 saturated heterocycles. The molecule has 0 aromatic heterocycles. The number of hydrogen-bond acceptors (Lipinski definition) is 3. The molecule has 2 atom stereocenters. The molecule has 2 unspecified atom stereocenters. The van der Waals surface area contributed by atoms with Gasteiger partial charge >= 0.3 is 5.97 Å². The molecule has 1 heterocycles. The monoisotopic (exact) mass is 341 g/mol. The lowest BCUT2D eigenvalue weighted by Gasteiger charge is -2.36. The molecule has 1 aliphatic rings. The van der Waals surface area contributed by atoms with Crippen LogP contribution in [0.15, 0.2) is 22.7 Å². The molecule has 1 aromatic rings. The van der Waals surface area contributed by atoms with Crippen molar-refractivity contribution in [3.63, 3.8) is 0 Å². The standard InChI is InChI=1S/C15H20BrNO3/c1-10-3-4-12(15(18)19)9-17(10)8-11-5-6-13(16)7-14(11)20-2/h5-7,10,12H,3-4,8-9H2,1-2H3,(H,18,19). The van der Waals surface area contributed by atoms with E-state index in [0.717, 1.165) is 35.2 Å². The Morgan fingerprint density at radius 3 is 2.90 bits per heavy atom. The number of halogens is 1. The SMILES string of the molecule is COc1cc(Br)ccc1CN1CC(C(=O)O)CCC1C. The number of rotatable bonds is 4. The minimum atomic E-state index is -0.690. The Kier molecular flexibility index (Phi) is 5.05. The van der Waals surface area contributed by atoms with Crippen molar-refractivity contribution in [2.24, 2.45) is 5.92 Å². The number of likely N-dealkylation sites (tertiary alicyclic amines) is 1. The average molecular weight is 342 g/mol. The summed E-state index contributed by atoms with van der Waals surface area (Å²) in [5.74, 6) is -0.110. The molecule has 5 heteroatoms. The molecular weight excluding hydrogens is 322 g/mol. The highest BCUT2D eigenvalue weighted by atomic mass is 79.9. The van der Waals surface area contributed by atoms with Crippen molar-refractivity contribution in [1.29, 1.82) is 0 Å². The predicted octanol–water partition coefficient (Wildman–Crippen LogP) is 3.14. The Morgan fingerprint density at radius 1 is 1.50 bits per heavy atom. The summed E-state index contributed by atoms with van der Waals surface area (Å²) in [6, 6.07) is 6.36. The van der Waals surface area contributed by atoms with Crippen LogP contribution in [-0.4, -0.2) is 35.7 Å². The predicted molar refractivity (Wildman–Crippen MR) is 80.9 cm³/mol. The molecule has 1 aliphatic heterocycles. The summed E-state index contributed by atoms with van der Waals surface area (Å²) in [5.41, 5.74) is 1.09. The van der Waals surface area contributed by atoms with Gasteiger partial charge in [0.2, 0.25) is 0 Å². The van der Waals surface area contributed by atoms with E-state index in [9.17, 15) is 9.90 Å². The zero-order chi connectivity index (χ0) is 14.7. The first kappa shape index (κ1) is 15.3. The number of methoxy groups -OCH3 is 1. The van der Waals surface area contributed by atoms with Crippen LogP contribution < -0.4 is 4.74 Å². The Labute approximate surface area is 127 Å². The first-order valence-electron chi connectivity index (χ1n) is 6.80. The lowest BCUT2D eigenvalue weighted by atomic mass is 9.93. The van der Waals surface area contributed by atoms with Gasteiger partial charge in [-0.3, -0.25) is 9.69 Å². The number of carboxylic acid groups (broad SMARTS) is 1. The lowest BCUT2D eigenvalue weighted by Crippen LogP contribution is -2.43. The van der Waals surface area contributed by atoms with Crippen LogP contribution in [0, 0.1) is 5.92 Å². The molecular formula is C15H20BrNO3. The van der Waals surface area contributed by atoms with Crippen molar-refractivity contribution in [1.82, 2.24) is 4.90 Å². The highest BCUT2D eigenvalue weighted by molar-refractivity contribution is 9.10. The fraction of sp³-hybridized carbons (Fsp3) is 0.533. The molecule has 1 N–H and O–H groups in total. The summed E-state index contributed by atoms with van der Waals surface area (Å²) in [7, 11) is 1.66. The molecule has 110 valence electrons. The van der Waals surface area contributed by atoms with Crippen LogP contribution in [0.4, 0.5) is 0 Å². The summed E-state index contributed by atoms with van der Waals surface area (Å²) >= 11 is 3.43. The van der Waals surface area contributed by atoms with Gasteiger partial charge in [-0.15, -0.1) is 0 Å². The highest BCUT2D eigenvalue weighted by Gasteiger charge is 2.30. The van der Waals surface area contributed by atoms with E-state index in [2.05, 4.69) is 27.8 Å². The van der Waals surface area contributed by atoms with E-state index in [1.54, 1.807) is 7.11 Å². The van der Waals surface area contributed by atoms with Crippen molar-refractivity contribution < 1.29 is 14.6 Å². The number of ether oxygens (including phenoxy) is 1. The van der Waals surface area contributed by atoms with Gasteiger partial charge in [-0.05, 0) is 31.9 Å². The van der Waals surface area contributed by atoms with Gasteiger partial charge in [-0.25, -0.2) is 0 Å². The number of carbonyl (C=O) groups is 1. The summed E-state index contributed by atoms with van der Waals surface area (Å²) in [6.07, 6.45) is 1.69. The average Bonchev–Trinajstić information content (AvgIpc) is 2.42. The maximum absolute atomic E-state index is 11.2. The largest absolute Gasteiger partial charge is 0.496 e. The Balaban J connectivity index is 2.13. The van der Waals surface area contributed by atoms with E-state index < -0.39 is 5.97 Å². The second-order valence-electron chi connectivity index (χ2n) is 5.35. The molecule has 0 spiro atoms. The van der Waals surface area contributed by atoms with Crippen molar-refractivity contribution >= 4 is 21.9 Å². The van der Waals surface area contributed by atoms with Gasteiger partial charge < -0.3 is 9.84 Å². The second kappa shape index (κ2) is 6.59. The summed E-state index contributed by atoms with van der Waals surface area (Å²) in [6.45, 7) is 3.49. The van der Waals surface area contributed by atoms with E-state index in [4.69, 9.17) is 4.74 Å². The fourth-order valence-corrected chi connectivity index (χ4v) is 3.01. The number of nitrogens with zero attached hydrogens (tertiary/aromatic N) is 1. The topological polar surface area (TPSA) is 49.8 Å². The van der Waals surface area contributed by atoms with Crippen molar-refractivity contribution in [2.75, 3.05) is 13.7 Å². The van der Waals surface area contributed by atoms with Crippen LogP contribution in [-0.2, 0) is 11.3 Å². The van der Waals surface area contributed by atoms with Crippen LogP contribution in [0.25, 0.3) is 0 Å². The number of piperidine rings is 1. The van der Waals surface area contributed by atoms with Crippen LogP contribution in [0.5, 0.6) is 5.75 Å². The van der Waals surface area contributed by atoms with Crippen LogP contribution in [0.3, 0.4) is 0 Å². The van der Waals surface area contributed by atoms with Gasteiger partial charge in [0, 0.05) is 29.2 Å². The maximum atomic E-state index is 11.2. The van der Waals surface area contributed by atoms with Gasteiger partial charge in [0.25, 0.3) is 0 Å². The van der Waals surface area contributed by atoms with Crippen LogP contribution in [0.2, 0.25) is 0 Å². The van der Waals surface area contributed by atoms with E-state index in [-0.39, 0.29) is 5.92 Å². The zero-order valence-electron chi connectivity index (χ0n) is 11.8. The molecule has 0 radical (unpaired) electrons. The van der Waals surface area contributed by atoms with Gasteiger partial charge in [0.1, 0.15) is 5.75 Å². The number of hydrogen-bond donors (Lipinski definition) is 1. The van der Waals surface area contributed by atoms with E-state index >= 15 is 0 Å². The molecule has 20 heavy (non-hydrogen) atoms. The molecule has 0 bridgehead atoms. The Hall–Kier alpha value is -1.07. The second-order valence-corrected chi connectivity index (χ2v) is 6.26. The Morgan fingerprint density at radius 2 is 2.25 bits per heavy atom. The molecule has 0 aliphatic carbocycles. The number of carboxylic acids is 1. The van der Waals surface area contributed by atoms with E-state index in [0.29, 0.717) is 12.6 Å². The molecule has 0 amide bonds. The quantitative estimate of drug-likeness (QED) is 0.913. The minimum absolute atomic E-state index is 0.257. The van der Waals surface area contributed by atoms with E-state index in [1.165, 1.54) is 0 Å². The van der Waals surface area contributed by atoms with Gasteiger partial charge in [0.05, 0.1) is 13.0 Å². The highest BCUT2D eigenvalue weighted by Crippen LogP contribution is 2.28. The fourth-order valence-electron chi connectivity index (χ4n) is 2.67. The van der Waals surface area contributed by atoms with Gasteiger partial charge in [0.15, 0.2) is 0 Å². The molecule has 1 fully saturated rings. The molecule has 2 rings (SSSR count). The molecule has 4 nitrogen and oxygen atoms in total. The lowest BCUT2D eigenvalue weighted by molar-refractivity contribution is -0.144. The molecule has 1 aromatic carbocycles. The normalized spacial score (nSPS) is 23.6. The first-order chi connectivity index (χ1) is 9.51. The number of benzene rings is 1. The van der Waals surface area contributed by atoms with E-state index in [1.807, 2.05) is 18.2 Å². The molecule has 0 saturated carbocycles. The minimum Gasteiger partial charge on any atom is -0.496 e. The van der Waals surface area contributed by atoms with Gasteiger partial charge in [-0.2, -0.15) is 0 Å². The van der Waals surface area contributed by atoms with Crippen molar-refractivity contribution in [3.05, 3.63) is 28.2 Å². The third kappa shape index (κ3) is 3.52. The van der Waals surface area contributed by atoms with Crippen LogP contribution in [0.1, 0.15) is 25.3 Å². The van der Waals surface area contributed by atoms with Crippen molar-refractivity contribution in [2.45, 2.75) is 32.4 Å². The smallest absolute Gasteiger partial charge is 0.307 e. The maximum Gasteiger partial charge on any atom is 0.307 e. The van der Waals surface area contributed by atoms with Crippen molar-refractivity contribution in [3.8, 4) is 5.75 Å². The third-order valence-corrected chi connectivity index (χ3v) is 4.48.